The van der Waals surface area contributed by atoms with Gasteiger partial charge in [-0.2, -0.15) is 0 Å². The van der Waals surface area contributed by atoms with Gasteiger partial charge >= 0.3 is 5.97 Å². The van der Waals surface area contributed by atoms with Crippen molar-refractivity contribution in [3.63, 3.8) is 0 Å². The Labute approximate surface area is 166 Å². The van der Waals surface area contributed by atoms with Gasteiger partial charge in [0.2, 0.25) is 17.7 Å². The lowest BCUT2D eigenvalue weighted by molar-refractivity contribution is -0.159. The minimum absolute atomic E-state index is 0.291. The lowest BCUT2D eigenvalue weighted by atomic mass is 9.85. The molecule has 9 heteroatoms. The van der Waals surface area contributed by atoms with Crippen molar-refractivity contribution in [1.29, 1.82) is 0 Å². The van der Waals surface area contributed by atoms with Crippen LogP contribution in [0.4, 0.5) is 5.69 Å². The third kappa shape index (κ3) is 4.18. The predicted octanol–water partition coefficient (Wildman–Crippen LogP) is 0.607. The van der Waals surface area contributed by atoms with E-state index in [9.17, 15) is 24.0 Å². The van der Waals surface area contributed by atoms with E-state index in [4.69, 9.17) is 10.5 Å². The van der Waals surface area contributed by atoms with Gasteiger partial charge in [-0.3, -0.25) is 24.1 Å². The first-order chi connectivity index (χ1) is 13.8. The van der Waals surface area contributed by atoms with Gasteiger partial charge in [0.25, 0.3) is 5.91 Å². The molecule has 0 radical (unpaired) electrons. The molecule has 9 nitrogen and oxygen atoms in total. The van der Waals surface area contributed by atoms with Crippen molar-refractivity contribution in [3.05, 3.63) is 42.0 Å². The molecular weight excluding hydrogens is 378 g/mol. The molecule has 0 aromatic heterocycles. The largest absolute Gasteiger partial charge is 0.454 e. The number of hydrogen-bond donors (Lipinski definition) is 2. The Balaban J connectivity index is 1.53. The van der Waals surface area contributed by atoms with Gasteiger partial charge in [0.15, 0.2) is 6.61 Å². The lowest BCUT2D eigenvalue weighted by Gasteiger charge is -2.21. The number of fused-ring (bicyclic) bond motifs is 1. The van der Waals surface area contributed by atoms with Crippen LogP contribution < -0.4 is 11.1 Å². The maximum Gasteiger partial charge on any atom is 0.329 e. The van der Waals surface area contributed by atoms with Gasteiger partial charge in [-0.25, -0.2) is 4.79 Å². The van der Waals surface area contributed by atoms with E-state index in [2.05, 4.69) is 5.32 Å². The minimum atomic E-state index is -1.11. The number of benzene rings is 1. The molecule has 1 aromatic rings. The molecule has 1 aromatic carbocycles. The lowest BCUT2D eigenvalue weighted by Crippen LogP contribution is -2.45. The summed E-state index contributed by atoms with van der Waals surface area (Å²) >= 11 is 0. The molecule has 0 bridgehead atoms. The molecule has 152 valence electrons. The van der Waals surface area contributed by atoms with Crippen LogP contribution in [-0.4, -0.2) is 47.1 Å². The second-order valence-electron chi connectivity index (χ2n) is 6.98. The van der Waals surface area contributed by atoms with Gasteiger partial charge in [0, 0.05) is 11.3 Å². The van der Waals surface area contributed by atoms with Crippen LogP contribution in [0.2, 0.25) is 0 Å². The van der Waals surface area contributed by atoms with Crippen molar-refractivity contribution in [2.75, 3.05) is 11.9 Å². The number of nitrogens with zero attached hydrogens (tertiary/aromatic N) is 1. The molecule has 0 spiro atoms. The molecule has 1 saturated heterocycles. The van der Waals surface area contributed by atoms with Gasteiger partial charge in [-0.05, 0) is 44.0 Å². The highest BCUT2D eigenvalue weighted by atomic mass is 16.5. The van der Waals surface area contributed by atoms with E-state index < -0.39 is 42.3 Å². The Morgan fingerprint density at radius 2 is 1.66 bits per heavy atom. The van der Waals surface area contributed by atoms with Gasteiger partial charge in [-0.1, -0.05) is 12.2 Å². The number of anilines is 1. The summed E-state index contributed by atoms with van der Waals surface area (Å²) in [5.74, 6) is -3.66. The van der Waals surface area contributed by atoms with Crippen molar-refractivity contribution in [2.45, 2.75) is 25.8 Å². The Kier molecular flexibility index (Phi) is 5.76. The normalized spacial score (nSPS) is 21.5. The van der Waals surface area contributed by atoms with Crippen LogP contribution in [0.5, 0.6) is 0 Å². The van der Waals surface area contributed by atoms with Crippen molar-refractivity contribution in [1.82, 2.24) is 4.90 Å². The number of carbonyl (C=O) groups is 5. The molecule has 29 heavy (non-hydrogen) atoms. The van der Waals surface area contributed by atoms with Gasteiger partial charge < -0.3 is 15.8 Å². The summed E-state index contributed by atoms with van der Waals surface area (Å²) in [4.78, 5) is 61.3. The number of imide groups is 1. The SMILES string of the molecule is C[C@@H](C(=O)OCC(=O)Nc1ccc(C(N)=O)cc1)N1C(=O)[C@H]2CC=CC[C@H]2C1=O. The molecule has 4 amide bonds. The fourth-order valence-corrected chi connectivity index (χ4v) is 3.49. The van der Waals surface area contributed by atoms with Gasteiger partial charge in [0.05, 0.1) is 11.8 Å². The van der Waals surface area contributed by atoms with Crippen LogP contribution in [0, 0.1) is 11.8 Å². The quantitative estimate of drug-likeness (QED) is 0.409. The van der Waals surface area contributed by atoms with Crippen molar-refractivity contribution < 1.29 is 28.7 Å². The first kappa shape index (κ1) is 20.2. The molecule has 1 aliphatic carbocycles. The highest BCUT2D eigenvalue weighted by Gasteiger charge is 2.50. The summed E-state index contributed by atoms with van der Waals surface area (Å²) in [5.41, 5.74) is 5.83. The zero-order chi connectivity index (χ0) is 21.1. The molecule has 0 unspecified atom stereocenters. The molecule has 1 heterocycles. The van der Waals surface area contributed by atoms with E-state index in [1.165, 1.54) is 31.2 Å². The molecule has 0 saturated carbocycles. The first-order valence-electron chi connectivity index (χ1n) is 9.18. The van der Waals surface area contributed by atoms with E-state index in [0.29, 0.717) is 24.1 Å². The fraction of sp³-hybridized carbons (Fsp3) is 0.350. The second kappa shape index (κ2) is 8.26. The number of hydrogen-bond acceptors (Lipinski definition) is 6. The predicted molar refractivity (Wildman–Crippen MR) is 101 cm³/mol. The molecule has 3 atom stereocenters. The molecular formula is C20H21N3O6. The summed E-state index contributed by atoms with van der Waals surface area (Å²) in [6.45, 7) is 0.828. The number of carbonyl (C=O) groups excluding carboxylic acids is 5. The van der Waals surface area contributed by atoms with E-state index in [1.807, 2.05) is 12.2 Å². The molecule has 2 aliphatic rings. The maximum absolute atomic E-state index is 12.5. The number of nitrogens with one attached hydrogen (secondary N) is 1. The van der Waals surface area contributed by atoms with Crippen LogP contribution in [-0.2, 0) is 23.9 Å². The third-order valence-electron chi connectivity index (χ3n) is 5.07. The van der Waals surface area contributed by atoms with Crippen LogP contribution in [0.15, 0.2) is 36.4 Å². The first-order valence-corrected chi connectivity index (χ1v) is 9.18. The summed E-state index contributed by atoms with van der Waals surface area (Å²) in [7, 11) is 0. The highest BCUT2D eigenvalue weighted by Crippen LogP contribution is 2.36. The zero-order valence-electron chi connectivity index (χ0n) is 15.8. The maximum atomic E-state index is 12.5. The smallest absolute Gasteiger partial charge is 0.329 e. The number of allylic oxidation sites excluding steroid dienone is 2. The standard InChI is InChI=1S/C20H21N3O6/c1-11(23-18(26)14-4-2-3-5-15(14)19(23)27)20(28)29-10-16(24)22-13-8-6-12(7-9-13)17(21)25/h2-3,6-9,11,14-15H,4-5,10H2,1H3,(H2,21,25)(H,22,24)/t11-,14-,15+/m0/s1. The van der Waals surface area contributed by atoms with Crippen molar-refractivity contribution in [2.24, 2.45) is 17.6 Å². The van der Waals surface area contributed by atoms with Crippen LogP contribution in [0.3, 0.4) is 0 Å². The summed E-state index contributed by atoms with van der Waals surface area (Å²) in [5, 5.41) is 2.51. The average Bonchev–Trinajstić information content (AvgIpc) is 2.96. The third-order valence-corrected chi connectivity index (χ3v) is 5.07. The van der Waals surface area contributed by atoms with Crippen LogP contribution in [0.1, 0.15) is 30.1 Å². The fourth-order valence-electron chi connectivity index (χ4n) is 3.49. The number of ether oxygens (including phenoxy) is 1. The molecule has 3 N–H and O–H groups in total. The summed E-state index contributed by atoms with van der Waals surface area (Å²) < 4.78 is 4.98. The number of amides is 4. The van der Waals surface area contributed by atoms with Crippen molar-refractivity contribution in [3.8, 4) is 0 Å². The number of primary amides is 1. The number of rotatable bonds is 6. The second-order valence-corrected chi connectivity index (χ2v) is 6.98. The molecule has 1 fully saturated rings. The number of nitrogens with two attached hydrogens (primary N) is 1. The topological polar surface area (TPSA) is 136 Å². The Bertz CT molecular complexity index is 866. The summed E-state index contributed by atoms with van der Waals surface area (Å²) in [6, 6.07) is 4.76. The minimum Gasteiger partial charge on any atom is -0.454 e. The summed E-state index contributed by atoms with van der Waals surface area (Å²) in [6.07, 6.45) is 4.67. The van der Waals surface area contributed by atoms with E-state index >= 15 is 0 Å². The van der Waals surface area contributed by atoms with Gasteiger partial charge in [-0.15, -0.1) is 0 Å². The number of esters is 1. The Morgan fingerprint density at radius 1 is 1.10 bits per heavy atom. The zero-order valence-corrected chi connectivity index (χ0v) is 15.8. The van der Waals surface area contributed by atoms with Gasteiger partial charge in [0.1, 0.15) is 6.04 Å². The molecule has 3 rings (SSSR count). The number of likely N-dealkylation sites (tertiary alicyclic amines) is 1. The molecule has 1 aliphatic heterocycles. The van der Waals surface area contributed by atoms with Crippen LogP contribution >= 0.6 is 0 Å². The van der Waals surface area contributed by atoms with E-state index in [-0.39, 0.29) is 11.8 Å². The van der Waals surface area contributed by atoms with E-state index in [1.54, 1.807) is 0 Å². The monoisotopic (exact) mass is 399 g/mol. The van der Waals surface area contributed by atoms with Crippen LogP contribution in [0.25, 0.3) is 0 Å². The Hall–Kier alpha value is -3.49. The Morgan fingerprint density at radius 3 is 2.17 bits per heavy atom. The van der Waals surface area contributed by atoms with Crippen molar-refractivity contribution >= 4 is 35.3 Å². The average molecular weight is 399 g/mol. The van der Waals surface area contributed by atoms with E-state index in [0.717, 1.165) is 4.90 Å². The highest BCUT2D eigenvalue weighted by molar-refractivity contribution is 6.08.